The summed E-state index contributed by atoms with van der Waals surface area (Å²) in [5.41, 5.74) is 4.23. The highest BCUT2D eigenvalue weighted by molar-refractivity contribution is 7.89. The standard InChI is InChI=1S/C12H17FN2O4S/c1-8-12(16,4-5-19-8)7-15-20(17,18)11-3-2-9(14)6-10(11)13/h2-3,6,8,15-16H,4-5,7,14H2,1H3. The molecule has 0 amide bonds. The van der Waals surface area contributed by atoms with Crippen LogP contribution < -0.4 is 10.5 Å². The fourth-order valence-electron chi connectivity index (χ4n) is 2.04. The maximum Gasteiger partial charge on any atom is 0.243 e. The number of anilines is 1. The molecule has 2 atom stereocenters. The average molecular weight is 304 g/mol. The molecule has 2 unspecified atom stereocenters. The van der Waals surface area contributed by atoms with E-state index >= 15 is 0 Å². The predicted molar refractivity (Wildman–Crippen MR) is 71.0 cm³/mol. The Hall–Kier alpha value is -1.22. The molecule has 0 saturated carbocycles. The predicted octanol–water partition coefficient (Wildman–Crippen LogP) is 0.226. The summed E-state index contributed by atoms with van der Waals surface area (Å²) in [6.07, 6.45) is -0.164. The number of sulfonamides is 1. The van der Waals surface area contributed by atoms with Gasteiger partial charge in [0.1, 0.15) is 16.3 Å². The summed E-state index contributed by atoms with van der Waals surface area (Å²) in [6.45, 7) is 1.78. The van der Waals surface area contributed by atoms with Gasteiger partial charge in [0.2, 0.25) is 10.0 Å². The van der Waals surface area contributed by atoms with Crippen molar-refractivity contribution in [3.05, 3.63) is 24.0 Å². The van der Waals surface area contributed by atoms with Crippen LogP contribution in [0.15, 0.2) is 23.1 Å². The van der Waals surface area contributed by atoms with E-state index in [9.17, 15) is 17.9 Å². The molecule has 8 heteroatoms. The van der Waals surface area contributed by atoms with Crippen LogP contribution in [0, 0.1) is 5.82 Å². The van der Waals surface area contributed by atoms with Gasteiger partial charge >= 0.3 is 0 Å². The normalized spacial score (nSPS) is 26.9. The van der Waals surface area contributed by atoms with Crippen LogP contribution in [-0.2, 0) is 14.8 Å². The van der Waals surface area contributed by atoms with Gasteiger partial charge in [-0.2, -0.15) is 0 Å². The quantitative estimate of drug-likeness (QED) is 0.691. The summed E-state index contributed by atoms with van der Waals surface area (Å²) in [5, 5.41) is 10.2. The number of benzene rings is 1. The van der Waals surface area contributed by atoms with Gasteiger partial charge in [-0.15, -0.1) is 0 Å². The Bertz CT molecular complexity index is 607. The summed E-state index contributed by atoms with van der Waals surface area (Å²) in [6, 6.07) is 3.32. The Morgan fingerprint density at radius 1 is 1.60 bits per heavy atom. The van der Waals surface area contributed by atoms with Crippen LogP contribution in [0.25, 0.3) is 0 Å². The van der Waals surface area contributed by atoms with Crippen LogP contribution in [0.5, 0.6) is 0 Å². The Balaban J connectivity index is 2.15. The third-order valence-corrected chi connectivity index (χ3v) is 4.91. The highest BCUT2D eigenvalue weighted by Crippen LogP contribution is 2.25. The van der Waals surface area contributed by atoms with E-state index in [0.717, 1.165) is 12.1 Å². The van der Waals surface area contributed by atoms with Gasteiger partial charge in [0, 0.05) is 25.3 Å². The van der Waals surface area contributed by atoms with E-state index in [-0.39, 0.29) is 12.2 Å². The number of halogens is 1. The van der Waals surface area contributed by atoms with E-state index in [0.29, 0.717) is 13.0 Å². The first-order valence-corrected chi connectivity index (χ1v) is 7.62. The Morgan fingerprint density at radius 3 is 2.85 bits per heavy atom. The van der Waals surface area contributed by atoms with Crippen molar-refractivity contribution in [3.63, 3.8) is 0 Å². The highest BCUT2D eigenvalue weighted by atomic mass is 32.2. The third-order valence-electron chi connectivity index (χ3n) is 3.47. The number of aliphatic hydroxyl groups is 1. The lowest BCUT2D eigenvalue weighted by Gasteiger charge is -2.26. The van der Waals surface area contributed by atoms with E-state index < -0.39 is 32.4 Å². The maximum absolute atomic E-state index is 13.6. The van der Waals surface area contributed by atoms with Gasteiger partial charge in [0.05, 0.1) is 6.10 Å². The summed E-state index contributed by atoms with van der Waals surface area (Å²) in [4.78, 5) is -0.498. The second-order valence-corrected chi connectivity index (χ2v) is 6.62. The van der Waals surface area contributed by atoms with Gasteiger partial charge in [-0.1, -0.05) is 0 Å². The number of hydrogen-bond acceptors (Lipinski definition) is 5. The number of nitrogen functional groups attached to an aromatic ring is 1. The number of ether oxygens (including phenoxy) is 1. The van der Waals surface area contributed by atoms with Crippen molar-refractivity contribution in [1.82, 2.24) is 4.72 Å². The molecule has 1 saturated heterocycles. The van der Waals surface area contributed by atoms with Crippen molar-refractivity contribution in [2.75, 3.05) is 18.9 Å². The zero-order valence-electron chi connectivity index (χ0n) is 11.0. The number of nitrogens with two attached hydrogens (primary N) is 1. The van der Waals surface area contributed by atoms with E-state index in [1.165, 1.54) is 6.07 Å². The molecule has 0 spiro atoms. The minimum absolute atomic E-state index is 0.137. The Morgan fingerprint density at radius 2 is 2.30 bits per heavy atom. The number of hydrogen-bond donors (Lipinski definition) is 3. The van der Waals surface area contributed by atoms with Crippen molar-refractivity contribution in [2.24, 2.45) is 0 Å². The fourth-order valence-corrected chi connectivity index (χ4v) is 3.19. The second kappa shape index (κ2) is 5.28. The van der Waals surface area contributed by atoms with Crippen LogP contribution in [0.1, 0.15) is 13.3 Å². The zero-order chi connectivity index (χ0) is 15.0. The monoisotopic (exact) mass is 304 g/mol. The van der Waals surface area contributed by atoms with Crippen molar-refractivity contribution in [2.45, 2.75) is 29.9 Å². The number of nitrogens with one attached hydrogen (secondary N) is 1. The first-order chi connectivity index (χ1) is 9.24. The molecule has 1 aliphatic heterocycles. The van der Waals surface area contributed by atoms with Crippen LogP contribution in [-0.4, -0.2) is 38.4 Å². The Labute approximate surface area is 116 Å². The van der Waals surface area contributed by atoms with Crippen molar-refractivity contribution in [1.29, 1.82) is 0 Å². The van der Waals surface area contributed by atoms with E-state index in [4.69, 9.17) is 10.5 Å². The lowest BCUT2D eigenvalue weighted by Crippen LogP contribution is -2.47. The maximum atomic E-state index is 13.6. The first kappa shape index (κ1) is 15.2. The number of rotatable bonds is 4. The summed E-state index contributed by atoms with van der Waals surface area (Å²) < 4.78 is 45.1. The van der Waals surface area contributed by atoms with Crippen LogP contribution in [0.2, 0.25) is 0 Å². The molecule has 1 aromatic rings. The smallest absolute Gasteiger partial charge is 0.243 e. The molecule has 0 bridgehead atoms. The summed E-state index contributed by atoms with van der Waals surface area (Å²) in [5.74, 6) is -0.930. The third kappa shape index (κ3) is 2.93. The van der Waals surface area contributed by atoms with E-state index in [1.54, 1.807) is 6.92 Å². The summed E-state index contributed by atoms with van der Waals surface area (Å²) >= 11 is 0. The Kier molecular flexibility index (Phi) is 4.01. The minimum Gasteiger partial charge on any atom is -0.399 e. The molecule has 1 fully saturated rings. The lowest BCUT2D eigenvalue weighted by atomic mass is 9.97. The molecular weight excluding hydrogens is 287 g/mol. The van der Waals surface area contributed by atoms with Crippen molar-refractivity contribution in [3.8, 4) is 0 Å². The molecule has 0 aromatic heterocycles. The largest absolute Gasteiger partial charge is 0.399 e. The molecular formula is C12H17FN2O4S. The first-order valence-electron chi connectivity index (χ1n) is 6.13. The zero-order valence-corrected chi connectivity index (χ0v) is 11.8. The van der Waals surface area contributed by atoms with Gasteiger partial charge in [-0.25, -0.2) is 17.5 Å². The van der Waals surface area contributed by atoms with Gasteiger partial charge < -0.3 is 15.6 Å². The van der Waals surface area contributed by atoms with Crippen molar-refractivity contribution >= 4 is 15.7 Å². The van der Waals surface area contributed by atoms with Gasteiger partial charge in [-0.3, -0.25) is 0 Å². The molecule has 1 aliphatic rings. The molecule has 1 aromatic carbocycles. The molecule has 6 nitrogen and oxygen atoms in total. The fraction of sp³-hybridized carbons (Fsp3) is 0.500. The second-order valence-electron chi connectivity index (χ2n) is 4.88. The SMILES string of the molecule is CC1OCCC1(O)CNS(=O)(=O)c1ccc(N)cc1F. The van der Waals surface area contributed by atoms with E-state index in [1.807, 2.05) is 0 Å². The molecule has 4 N–H and O–H groups in total. The molecule has 1 heterocycles. The molecule has 20 heavy (non-hydrogen) atoms. The topological polar surface area (TPSA) is 102 Å². The lowest BCUT2D eigenvalue weighted by molar-refractivity contribution is -0.0228. The highest BCUT2D eigenvalue weighted by Gasteiger charge is 2.40. The minimum atomic E-state index is -4.05. The van der Waals surface area contributed by atoms with Gasteiger partial charge in [-0.05, 0) is 25.1 Å². The molecule has 0 aliphatic carbocycles. The van der Waals surface area contributed by atoms with E-state index in [2.05, 4.69) is 4.72 Å². The molecule has 2 rings (SSSR count). The van der Waals surface area contributed by atoms with Gasteiger partial charge in [0.15, 0.2) is 0 Å². The van der Waals surface area contributed by atoms with Crippen LogP contribution >= 0.6 is 0 Å². The molecule has 0 radical (unpaired) electrons. The summed E-state index contributed by atoms with van der Waals surface area (Å²) in [7, 11) is -4.05. The van der Waals surface area contributed by atoms with Crippen molar-refractivity contribution < 1.29 is 22.7 Å². The van der Waals surface area contributed by atoms with Crippen LogP contribution in [0.4, 0.5) is 10.1 Å². The average Bonchev–Trinajstić information content (AvgIpc) is 2.68. The van der Waals surface area contributed by atoms with Crippen LogP contribution in [0.3, 0.4) is 0 Å². The van der Waals surface area contributed by atoms with Gasteiger partial charge in [0.25, 0.3) is 0 Å². The molecule has 112 valence electrons.